The molecule has 0 aliphatic carbocycles. The second kappa shape index (κ2) is 9.20. The molecule has 0 amide bonds. The maximum atomic E-state index is 12.2. The van der Waals surface area contributed by atoms with Gasteiger partial charge in [-0.05, 0) is 76.2 Å². The number of rotatable bonds is 9. The molecule has 1 aromatic carbocycles. The van der Waals surface area contributed by atoms with Gasteiger partial charge in [0, 0.05) is 21.3 Å². The molecule has 0 radical (unpaired) electrons. The molecule has 1 saturated heterocycles. The van der Waals surface area contributed by atoms with E-state index in [0.29, 0.717) is 18.8 Å². The van der Waals surface area contributed by atoms with E-state index >= 15 is 0 Å². The molecule has 0 bridgehead atoms. The van der Waals surface area contributed by atoms with Crippen LogP contribution in [0.2, 0.25) is 0 Å². The second-order valence-corrected chi connectivity index (χ2v) is 9.78. The van der Waals surface area contributed by atoms with Crippen LogP contribution in [0.3, 0.4) is 0 Å². The van der Waals surface area contributed by atoms with Crippen molar-refractivity contribution in [1.82, 2.24) is 4.90 Å². The summed E-state index contributed by atoms with van der Waals surface area (Å²) in [6, 6.07) is 8.00. The molecule has 27 heavy (non-hydrogen) atoms. The highest BCUT2D eigenvalue weighted by Gasteiger charge is 2.41. The van der Waals surface area contributed by atoms with Crippen LogP contribution in [0.4, 0.5) is 0 Å². The van der Waals surface area contributed by atoms with Crippen LogP contribution in [0.15, 0.2) is 28.8 Å². The van der Waals surface area contributed by atoms with Gasteiger partial charge < -0.3 is 10.0 Å². The first-order chi connectivity index (χ1) is 12.7. The van der Waals surface area contributed by atoms with Crippen molar-refractivity contribution in [3.8, 4) is 0 Å². The van der Waals surface area contributed by atoms with E-state index in [2.05, 4.69) is 30.4 Å². The molecule has 0 saturated carbocycles. The molecular weight excluding hydrogens is 360 g/mol. The van der Waals surface area contributed by atoms with Crippen LogP contribution in [0.5, 0.6) is 0 Å². The molecule has 150 valence electrons. The topological polar surface area (TPSA) is 70.0 Å². The Hall–Kier alpha value is -1.40. The molecule has 0 aromatic heterocycles. The Bertz CT molecular complexity index is 639. The van der Waals surface area contributed by atoms with Gasteiger partial charge in [0.15, 0.2) is 0 Å². The summed E-state index contributed by atoms with van der Waals surface area (Å²) in [5.41, 5.74) is 1.10. The van der Waals surface area contributed by atoms with Crippen molar-refractivity contribution >= 4 is 17.9 Å². The molecule has 2 rings (SSSR count). The van der Waals surface area contributed by atoms with E-state index < -0.39 is 11.4 Å². The lowest BCUT2D eigenvalue weighted by atomic mass is 9.75. The lowest BCUT2D eigenvalue weighted by molar-refractivity contribution is -0.143. The normalized spacial score (nSPS) is 19.6. The van der Waals surface area contributed by atoms with Crippen LogP contribution in [0.25, 0.3) is 0 Å². The SMILES string of the molecule is CC(C)Cc1ccc(C(C)(CCC2(SN=O)CCN(C)CC2)C(=O)O)cc1. The predicted molar refractivity (Wildman–Crippen MR) is 112 cm³/mol. The van der Waals surface area contributed by atoms with Crippen molar-refractivity contribution in [2.45, 2.75) is 63.0 Å². The smallest absolute Gasteiger partial charge is 0.313 e. The quantitative estimate of drug-likeness (QED) is 0.479. The zero-order valence-corrected chi connectivity index (χ0v) is 17.7. The number of nitroso groups, excluding NO2 is 1. The van der Waals surface area contributed by atoms with E-state index in [0.717, 1.165) is 49.9 Å². The predicted octanol–water partition coefficient (Wildman–Crippen LogP) is 4.89. The minimum atomic E-state index is -0.962. The van der Waals surface area contributed by atoms with E-state index in [1.165, 1.54) is 5.56 Å². The number of likely N-dealkylation sites (tertiary alicyclic amines) is 1. The lowest BCUT2D eigenvalue weighted by Crippen LogP contribution is -2.42. The standard InChI is InChI=1S/C21H32N2O3S/c1-16(2)15-17-5-7-18(8-6-17)20(3,19(24)25)9-10-21(27-22-26)11-13-23(4)14-12-21/h5-8,16H,9-15H2,1-4H3,(H,24,25). The van der Waals surface area contributed by atoms with Gasteiger partial charge in [0.1, 0.15) is 0 Å². The fourth-order valence-corrected chi connectivity index (χ4v) is 4.54. The Morgan fingerprint density at radius 3 is 2.37 bits per heavy atom. The first-order valence-electron chi connectivity index (χ1n) is 9.73. The van der Waals surface area contributed by atoms with Gasteiger partial charge in [0.2, 0.25) is 0 Å². The summed E-state index contributed by atoms with van der Waals surface area (Å²) < 4.78 is 2.87. The van der Waals surface area contributed by atoms with E-state index in [4.69, 9.17) is 0 Å². The van der Waals surface area contributed by atoms with Crippen molar-refractivity contribution in [2.24, 2.45) is 10.5 Å². The van der Waals surface area contributed by atoms with Gasteiger partial charge in [-0.1, -0.05) is 38.1 Å². The van der Waals surface area contributed by atoms with E-state index in [-0.39, 0.29) is 4.75 Å². The highest BCUT2D eigenvalue weighted by molar-refractivity contribution is 7.99. The summed E-state index contributed by atoms with van der Waals surface area (Å²) in [6.07, 6.45) is 3.89. The molecule has 1 N–H and O–H groups in total. The summed E-state index contributed by atoms with van der Waals surface area (Å²) in [6.45, 7) is 7.98. The Balaban J connectivity index is 2.17. The van der Waals surface area contributed by atoms with Crippen molar-refractivity contribution in [3.63, 3.8) is 0 Å². The first-order valence-corrected chi connectivity index (χ1v) is 10.5. The van der Waals surface area contributed by atoms with Crippen molar-refractivity contribution in [1.29, 1.82) is 0 Å². The number of hydrogen-bond donors (Lipinski definition) is 1. The van der Waals surface area contributed by atoms with Crippen LogP contribution in [0.1, 0.15) is 57.6 Å². The highest BCUT2D eigenvalue weighted by Crippen LogP contribution is 2.43. The van der Waals surface area contributed by atoms with Crippen LogP contribution < -0.4 is 0 Å². The Morgan fingerprint density at radius 1 is 1.30 bits per heavy atom. The third kappa shape index (κ3) is 5.55. The molecule has 5 nitrogen and oxygen atoms in total. The van der Waals surface area contributed by atoms with Crippen molar-refractivity contribution < 1.29 is 9.90 Å². The van der Waals surface area contributed by atoms with Gasteiger partial charge in [-0.15, -0.1) is 4.91 Å². The molecule has 1 atom stereocenters. The minimum absolute atomic E-state index is 0.247. The summed E-state index contributed by atoms with van der Waals surface area (Å²) >= 11 is 1.11. The van der Waals surface area contributed by atoms with E-state index in [9.17, 15) is 14.8 Å². The molecule has 1 aliphatic rings. The molecule has 1 aliphatic heterocycles. The Morgan fingerprint density at radius 2 is 1.89 bits per heavy atom. The third-order valence-electron chi connectivity index (χ3n) is 5.92. The van der Waals surface area contributed by atoms with Gasteiger partial charge in [-0.25, -0.2) is 0 Å². The van der Waals surface area contributed by atoms with Crippen molar-refractivity contribution in [2.75, 3.05) is 20.1 Å². The lowest BCUT2D eigenvalue weighted by Gasteiger charge is -2.39. The Kier molecular flexibility index (Phi) is 7.46. The van der Waals surface area contributed by atoms with Crippen LogP contribution in [0, 0.1) is 10.8 Å². The number of carboxylic acids is 1. The van der Waals surface area contributed by atoms with Crippen LogP contribution in [-0.2, 0) is 16.6 Å². The summed E-state index contributed by atoms with van der Waals surface area (Å²) in [5, 5.41) is 9.99. The number of benzene rings is 1. The third-order valence-corrected chi connectivity index (χ3v) is 6.99. The zero-order valence-electron chi connectivity index (χ0n) is 16.9. The monoisotopic (exact) mass is 392 g/mol. The minimum Gasteiger partial charge on any atom is -0.481 e. The van der Waals surface area contributed by atoms with Gasteiger partial charge >= 0.3 is 5.97 Å². The zero-order chi connectivity index (χ0) is 20.1. The van der Waals surface area contributed by atoms with Gasteiger partial charge in [0.25, 0.3) is 0 Å². The molecule has 1 fully saturated rings. The van der Waals surface area contributed by atoms with E-state index in [1.807, 2.05) is 24.3 Å². The first kappa shape index (κ1) is 21.9. The number of carbonyl (C=O) groups is 1. The maximum Gasteiger partial charge on any atom is 0.313 e. The fourth-order valence-electron chi connectivity index (χ4n) is 3.82. The maximum absolute atomic E-state index is 12.2. The van der Waals surface area contributed by atoms with E-state index in [1.54, 1.807) is 6.92 Å². The molecule has 1 aromatic rings. The average molecular weight is 393 g/mol. The van der Waals surface area contributed by atoms with Gasteiger partial charge in [0.05, 0.1) is 5.41 Å². The van der Waals surface area contributed by atoms with Gasteiger partial charge in [-0.2, -0.15) is 0 Å². The molecular formula is C21H32N2O3S. The van der Waals surface area contributed by atoms with Gasteiger partial charge in [-0.3, -0.25) is 4.79 Å². The van der Waals surface area contributed by atoms with Crippen LogP contribution >= 0.6 is 11.9 Å². The number of carboxylic acid groups (broad SMARTS) is 1. The summed E-state index contributed by atoms with van der Waals surface area (Å²) in [5.74, 6) is -0.245. The number of piperidine rings is 1. The molecule has 6 heteroatoms. The average Bonchev–Trinajstić information content (AvgIpc) is 2.62. The number of nitrogens with zero attached hydrogens (tertiary/aromatic N) is 2. The second-order valence-electron chi connectivity index (χ2n) is 8.58. The van der Waals surface area contributed by atoms with Crippen molar-refractivity contribution in [3.05, 3.63) is 40.3 Å². The fraction of sp³-hybridized carbons (Fsp3) is 0.667. The largest absolute Gasteiger partial charge is 0.481 e. The molecule has 0 spiro atoms. The molecule has 1 unspecified atom stereocenters. The summed E-state index contributed by atoms with van der Waals surface area (Å²) in [7, 11) is 2.07. The number of hydrogen-bond acceptors (Lipinski definition) is 5. The van der Waals surface area contributed by atoms with Crippen LogP contribution in [-0.4, -0.2) is 40.9 Å². The number of aliphatic carboxylic acids is 1. The highest BCUT2D eigenvalue weighted by atomic mass is 32.2. The summed E-state index contributed by atoms with van der Waals surface area (Å²) in [4.78, 5) is 25.4. The molecule has 1 heterocycles. The Labute approximate surface area is 167 Å².